The molecule has 2 amide bonds. The van der Waals surface area contributed by atoms with Gasteiger partial charge in [-0.15, -0.1) is 0 Å². The van der Waals surface area contributed by atoms with Gasteiger partial charge in [0.1, 0.15) is 0 Å². The minimum absolute atomic E-state index is 0.0648. The lowest BCUT2D eigenvalue weighted by Crippen LogP contribution is -2.46. The number of hydrogen-bond donors (Lipinski definition) is 2. The summed E-state index contributed by atoms with van der Waals surface area (Å²) in [5.74, 6) is 0.594. The van der Waals surface area contributed by atoms with E-state index in [9.17, 15) is 4.79 Å². The highest BCUT2D eigenvalue weighted by Gasteiger charge is 2.14. The Hall–Kier alpha value is -0.770. The topological polar surface area (TPSA) is 44.4 Å². The van der Waals surface area contributed by atoms with E-state index in [0.29, 0.717) is 12.5 Å². The van der Waals surface area contributed by atoms with Crippen LogP contribution in [0.5, 0.6) is 0 Å². The molecule has 0 aromatic carbocycles. The average molecular weight is 215 g/mol. The van der Waals surface area contributed by atoms with Crippen LogP contribution in [0, 0.1) is 5.92 Å². The van der Waals surface area contributed by atoms with Crippen molar-refractivity contribution in [2.75, 3.05) is 27.2 Å². The van der Waals surface area contributed by atoms with Crippen LogP contribution in [0.3, 0.4) is 0 Å². The molecule has 90 valence electrons. The number of rotatable bonds is 6. The molecule has 0 aliphatic carbocycles. The van der Waals surface area contributed by atoms with Gasteiger partial charge in [0.15, 0.2) is 0 Å². The first kappa shape index (κ1) is 14.2. The zero-order valence-corrected chi connectivity index (χ0v) is 10.6. The van der Waals surface area contributed by atoms with Crippen LogP contribution in [0.1, 0.15) is 27.2 Å². The lowest BCUT2D eigenvalue weighted by molar-refractivity contribution is 0.229. The molecule has 1 unspecified atom stereocenters. The van der Waals surface area contributed by atoms with Crippen molar-refractivity contribution in [3.63, 3.8) is 0 Å². The molecule has 0 aliphatic heterocycles. The maximum absolute atomic E-state index is 11.4. The van der Waals surface area contributed by atoms with Gasteiger partial charge in [-0.1, -0.05) is 13.8 Å². The third-order valence-electron chi connectivity index (χ3n) is 2.01. The summed E-state index contributed by atoms with van der Waals surface area (Å²) in [6.07, 6.45) is 1.01. The first-order valence-corrected chi connectivity index (χ1v) is 5.64. The normalized spacial score (nSPS) is 13.0. The summed E-state index contributed by atoms with van der Waals surface area (Å²) in [6, 6.07) is 0.163. The van der Waals surface area contributed by atoms with Gasteiger partial charge in [-0.3, -0.25) is 0 Å². The summed E-state index contributed by atoms with van der Waals surface area (Å²) in [4.78, 5) is 13.5. The van der Waals surface area contributed by atoms with E-state index in [1.165, 1.54) is 0 Å². The summed E-state index contributed by atoms with van der Waals surface area (Å²) in [6.45, 7) is 7.81. The molecule has 15 heavy (non-hydrogen) atoms. The summed E-state index contributed by atoms with van der Waals surface area (Å²) in [5, 5.41) is 5.74. The summed E-state index contributed by atoms with van der Waals surface area (Å²) >= 11 is 0. The first-order chi connectivity index (χ1) is 6.95. The second-order valence-electron chi connectivity index (χ2n) is 4.59. The number of hydrogen-bond acceptors (Lipinski definition) is 2. The van der Waals surface area contributed by atoms with Crippen LogP contribution >= 0.6 is 0 Å². The molecule has 1 atom stereocenters. The molecule has 0 saturated heterocycles. The van der Waals surface area contributed by atoms with Crippen LogP contribution in [0.2, 0.25) is 0 Å². The van der Waals surface area contributed by atoms with Gasteiger partial charge in [0.2, 0.25) is 0 Å². The zero-order chi connectivity index (χ0) is 11.8. The maximum atomic E-state index is 11.4. The number of likely N-dealkylation sites (N-methyl/N-ethyl adjacent to an activating group) is 1. The zero-order valence-electron chi connectivity index (χ0n) is 10.6. The van der Waals surface area contributed by atoms with E-state index < -0.39 is 0 Å². The monoisotopic (exact) mass is 215 g/mol. The van der Waals surface area contributed by atoms with E-state index >= 15 is 0 Å². The Bertz CT molecular complexity index is 171. The maximum Gasteiger partial charge on any atom is 0.315 e. The molecule has 0 spiro atoms. The summed E-state index contributed by atoms with van der Waals surface area (Å²) in [5.41, 5.74) is 0. The number of carbonyl (C=O) groups is 1. The van der Waals surface area contributed by atoms with Crippen molar-refractivity contribution in [2.45, 2.75) is 33.2 Å². The second-order valence-corrected chi connectivity index (χ2v) is 4.59. The van der Waals surface area contributed by atoms with E-state index in [1.54, 1.807) is 0 Å². The minimum Gasteiger partial charge on any atom is -0.338 e. The van der Waals surface area contributed by atoms with Crippen LogP contribution < -0.4 is 10.6 Å². The van der Waals surface area contributed by atoms with Gasteiger partial charge in [0.25, 0.3) is 0 Å². The smallest absolute Gasteiger partial charge is 0.315 e. The van der Waals surface area contributed by atoms with Gasteiger partial charge in [0, 0.05) is 19.1 Å². The van der Waals surface area contributed by atoms with Crippen LogP contribution in [0.25, 0.3) is 0 Å². The number of urea groups is 1. The molecule has 0 bridgehead atoms. The molecule has 0 saturated carbocycles. The molecule has 2 N–H and O–H groups in total. The second kappa shape index (κ2) is 7.51. The molecule has 4 heteroatoms. The van der Waals surface area contributed by atoms with Gasteiger partial charge >= 0.3 is 6.03 Å². The fourth-order valence-electron chi connectivity index (χ4n) is 1.59. The molecule has 0 heterocycles. The Morgan fingerprint density at radius 1 is 1.33 bits per heavy atom. The van der Waals surface area contributed by atoms with E-state index in [4.69, 9.17) is 0 Å². The fourth-order valence-corrected chi connectivity index (χ4v) is 1.59. The van der Waals surface area contributed by atoms with Crippen molar-refractivity contribution < 1.29 is 4.79 Å². The third kappa shape index (κ3) is 8.24. The molecule has 0 aromatic rings. The molecular weight excluding hydrogens is 190 g/mol. The van der Waals surface area contributed by atoms with Crippen molar-refractivity contribution in [1.29, 1.82) is 0 Å². The average Bonchev–Trinajstić information content (AvgIpc) is 2.00. The van der Waals surface area contributed by atoms with Crippen molar-refractivity contribution in [3.8, 4) is 0 Å². The van der Waals surface area contributed by atoms with Gasteiger partial charge in [-0.05, 0) is 33.4 Å². The fraction of sp³-hybridized carbons (Fsp3) is 0.909. The van der Waals surface area contributed by atoms with Gasteiger partial charge in [-0.2, -0.15) is 0 Å². The highest BCUT2D eigenvalue weighted by Crippen LogP contribution is 2.05. The third-order valence-corrected chi connectivity index (χ3v) is 2.01. The van der Waals surface area contributed by atoms with E-state index in [-0.39, 0.29) is 12.1 Å². The van der Waals surface area contributed by atoms with Crippen LogP contribution in [0.15, 0.2) is 0 Å². The number of nitrogens with one attached hydrogen (secondary N) is 2. The van der Waals surface area contributed by atoms with Gasteiger partial charge < -0.3 is 15.5 Å². The number of amides is 2. The Balaban J connectivity index is 4.05. The highest BCUT2D eigenvalue weighted by molar-refractivity contribution is 5.74. The van der Waals surface area contributed by atoms with E-state index in [1.807, 2.05) is 21.0 Å². The first-order valence-electron chi connectivity index (χ1n) is 5.64. The lowest BCUT2D eigenvalue weighted by atomic mass is 10.0. The lowest BCUT2D eigenvalue weighted by Gasteiger charge is -2.23. The number of carbonyl (C=O) groups excluding carboxylic acids is 1. The van der Waals surface area contributed by atoms with Crippen molar-refractivity contribution in [3.05, 3.63) is 0 Å². The molecule has 4 nitrogen and oxygen atoms in total. The SMILES string of the molecule is CCNC(=O)NC(CC(C)C)CN(C)C. The van der Waals surface area contributed by atoms with Crippen LogP contribution in [-0.4, -0.2) is 44.2 Å². The molecule has 0 fully saturated rings. The quantitative estimate of drug-likeness (QED) is 0.701. The van der Waals surface area contributed by atoms with Crippen molar-refractivity contribution in [1.82, 2.24) is 15.5 Å². The predicted octanol–water partition coefficient (Wildman–Crippen LogP) is 1.28. The predicted molar refractivity (Wildman–Crippen MR) is 64.0 cm³/mol. The largest absolute Gasteiger partial charge is 0.338 e. The molecule has 0 radical (unpaired) electrons. The Morgan fingerprint density at radius 3 is 2.33 bits per heavy atom. The van der Waals surface area contributed by atoms with Gasteiger partial charge in [0.05, 0.1) is 0 Å². The molecule has 0 aromatic heterocycles. The highest BCUT2D eigenvalue weighted by atomic mass is 16.2. The Morgan fingerprint density at radius 2 is 1.93 bits per heavy atom. The molecule has 0 aliphatic rings. The van der Waals surface area contributed by atoms with Gasteiger partial charge in [-0.25, -0.2) is 4.79 Å². The van der Waals surface area contributed by atoms with Crippen LogP contribution in [-0.2, 0) is 0 Å². The van der Waals surface area contributed by atoms with E-state index in [2.05, 4.69) is 29.4 Å². The van der Waals surface area contributed by atoms with E-state index in [0.717, 1.165) is 13.0 Å². The Kier molecular flexibility index (Phi) is 7.13. The molecular formula is C11H25N3O. The summed E-state index contributed by atoms with van der Waals surface area (Å²) in [7, 11) is 4.04. The number of nitrogens with zero attached hydrogens (tertiary/aromatic N) is 1. The minimum atomic E-state index is -0.0648. The van der Waals surface area contributed by atoms with Crippen molar-refractivity contribution in [2.24, 2.45) is 5.92 Å². The standard InChI is InChI=1S/C11H25N3O/c1-6-12-11(15)13-10(7-9(2)3)8-14(4)5/h9-10H,6-8H2,1-5H3,(H2,12,13,15). The molecule has 0 rings (SSSR count). The Labute approximate surface area is 93.4 Å². The van der Waals surface area contributed by atoms with Crippen LogP contribution in [0.4, 0.5) is 4.79 Å². The summed E-state index contributed by atoms with van der Waals surface area (Å²) < 4.78 is 0. The van der Waals surface area contributed by atoms with Crippen molar-refractivity contribution >= 4 is 6.03 Å².